The van der Waals surface area contributed by atoms with E-state index in [-0.39, 0.29) is 18.0 Å². The van der Waals surface area contributed by atoms with Crippen molar-refractivity contribution in [2.75, 3.05) is 13.2 Å². The number of ether oxygens (including phenoxy) is 1. The zero-order valence-corrected chi connectivity index (χ0v) is 10.2. The van der Waals surface area contributed by atoms with Gasteiger partial charge >= 0.3 is 5.97 Å². The summed E-state index contributed by atoms with van der Waals surface area (Å²) in [5, 5.41) is 2.55. The van der Waals surface area contributed by atoms with Crippen molar-refractivity contribution in [1.29, 1.82) is 0 Å². The Labute approximate surface area is 105 Å². The molecule has 0 aliphatic rings. The second-order valence-corrected chi connectivity index (χ2v) is 3.64. The fraction of sp³-hybridized carbons (Fsp3) is 0.385. The lowest BCUT2D eigenvalue weighted by Gasteiger charge is -2.05. The summed E-state index contributed by atoms with van der Waals surface area (Å²) < 4.78 is 18.0. The first-order valence-electron chi connectivity index (χ1n) is 5.83. The standard InChI is InChI=1S/C13H16FNO3/c1-2-18-12(16)8-5-9-15-13(17)10-6-3-4-7-11(10)14/h3-4,6-7H,2,5,8-9H2,1H3,(H,15,17). The number of carbonyl (C=O) groups excluding carboxylic acids is 2. The van der Waals surface area contributed by atoms with Crippen molar-refractivity contribution in [2.24, 2.45) is 0 Å². The first-order valence-corrected chi connectivity index (χ1v) is 5.83. The molecule has 0 saturated carbocycles. The molecule has 1 aromatic carbocycles. The third-order valence-corrected chi connectivity index (χ3v) is 2.27. The summed E-state index contributed by atoms with van der Waals surface area (Å²) in [4.78, 5) is 22.6. The van der Waals surface area contributed by atoms with Gasteiger partial charge in [-0.1, -0.05) is 12.1 Å². The molecule has 1 aromatic rings. The number of carbonyl (C=O) groups is 2. The smallest absolute Gasteiger partial charge is 0.305 e. The zero-order valence-electron chi connectivity index (χ0n) is 10.2. The third-order valence-electron chi connectivity index (χ3n) is 2.27. The Kier molecular flexibility index (Phi) is 5.84. The van der Waals surface area contributed by atoms with E-state index in [0.717, 1.165) is 0 Å². The number of esters is 1. The molecule has 98 valence electrons. The van der Waals surface area contributed by atoms with Crippen molar-refractivity contribution >= 4 is 11.9 Å². The quantitative estimate of drug-likeness (QED) is 0.622. The summed E-state index contributed by atoms with van der Waals surface area (Å²) in [7, 11) is 0. The summed E-state index contributed by atoms with van der Waals surface area (Å²) in [6.45, 7) is 2.39. The molecule has 0 radical (unpaired) electrons. The maximum absolute atomic E-state index is 13.2. The largest absolute Gasteiger partial charge is 0.466 e. The number of hydrogen-bond donors (Lipinski definition) is 1. The lowest BCUT2D eigenvalue weighted by Crippen LogP contribution is -2.25. The first-order chi connectivity index (χ1) is 8.65. The molecule has 4 nitrogen and oxygen atoms in total. The lowest BCUT2D eigenvalue weighted by molar-refractivity contribution is -0.143. The van der Waals surface area contributed by atoms with Crippen LogP contribution in [-0.2, 0) is 9.53 Å². The maximum atomic E-state index is 13.2. The van der Waals surface area contributed by atoms with Crippen LogP contribution in [0.1, 0.15) is 30.1 Å². The molecule has 0 bridgehead atoms. The van der Waals surface area contributed by atoms with Crippen molar-refractivity contribution < 1.29 is 18.7 Å². The van der Waals surface area contributed by atoms with E-state index in [1.165, 1.54) is 18.2 Å². The van der Waals surface area contributed by atoms with Gasteiger partial charge in [0, 0.05) is 13.0 Å². The van der Waals surface area contributed by atoms with Crippen LogP contribution in [-0.4, -0.2) is 25.0 Å². The predicted molar refractivity (Wildman–Crippen MR) is 64.6 cm³/mol. The Morgan fingerprint density at radius 1 is 1.33 bits per heavy atom. The predicted octanol–water partition coefficient (Wildman–Crippen LogP) is 1.90. The van der Waals surface area contributed by atoms with Crippen LogP contribution in [0, 0.1) is 5.82 Å². The summed E-state index contributed by atoms with van der Waals surface area (Å²) in [5.74, 6) is -1.32. The van der Waals surface area contributed by atoms with Crippen molar-refractivity contribution in [3.63, 3.8) is 0 Å². The van der Waals surface area contributed by atoms with Crippen LogP contribution >= 0.6 is 0 Å². The molecule has 5 heteroatoms. The third kappa shape index (κ3) is 4.53. The Hall–Kier alpha value is -1.91. The molecule has 1 N–H and O–H groups in total. The molecule has 1 amide bonds. The fourth-order valence-electron chi connectivity index (χ4n) is 1.41. The molecular formula is C13H16FNO3. The van der Waals surface area contributed by atoms with E-state index in [1.807, 2.05) is 0 Å². The summed E-state index contributed by atoms with van der Waals surface area (Å²) in [6, 6.07) is 5.76. The molecule has 0 unspecified atom stereocenters. The van der Waals surface area contributed by atoms with Crippen LogP contribution in [0.4, 0.5) is 4.39 Å². The highest BCUT2D eigenvalue weighted by Crippen LogP contribution is 2.05. The number of hydrogen-bond acceptors (Lipinski definition) is 3. The number of rotatable bonds is 6. The fourth-order valence-corrected chi connectivity index (χ4v) is 1.41. The van der Waals surface area contributed by atoms with Gasteiger partial charge in [-0.3, -0.25) is 9.59 Å². The zero-order chi connectivity index (χ0) is 13.4. The van der Waals surface area contributed by atoms with Gasteiger partial charge in [0.2, 0.25) is 0 Å². The molecule has 0 heterocycles. The molecule has 18 heavy (non-hydrogen) atoms. The monoisotopic (exact) mass is 253 g/mol. The van der Waals surface area contributed by atoms with Crippen molar-refractivity contribution in [3.8, 4) is 0 Å². The number of benzene rings is 1. The Balaban J connectivity index is 2.30. The summed E-state index contributed by atoms with van der Waals surface area (Å²) in [5.41, 5.74) is 0.00800. The maximum Gasteiger partial charge on any atom is 0.305 e. The number of halogens is 1. The van der Waals surface area contributed by atoms with Gasteiger partial charge in [0.25, 0.3) is 5.91 Å². The second kappa shape index (κ2) is 7.42. The van der Waals surface area contributed by atoms with Crippen LogP contribution in [0.2, 0.25) is 0 Å². The number of nitrogens with one attached hydrogen (secondary N) is 1. The highest BCUT2D eigenvalue weighted by atomic mass is 19.1. The van der Waals surface area contributed by atoms with Gasteiger partial charge in [0.15, 0.2) is 0 Å². The van der Waals surface area contributed by atoms with Crippen molar-refractivity contribution in [2.45, 2.75) is 19.8 Å². The van der Waals surface area contributed by atoms with E-state index in [1.54, 1.807) is 13.0 Å². The van der Waals surface area contributed by atoms with Crippen LogP contribution in [0.25, 0.3) is 0 Å². The van der Waals surface area contributed by atoms with Gasteiger partial charge < -0.3 is 10.1 Å². The normalized spacial score (nSPS) is 9.89. The van der Waals surface area contributed by atoms with Gasteiger partial charge in [-0.25, -0.2) is 4.39 Å². The minimum absolute atomic E-state index is 0.00800. The Morgan fingerprint density at radius 3 is 2.72 bits per heavy atom. The van der Waals surface area contributed by atoms with Crippen molar-refractivity contribution in [1.82, 2.24) is 5.32 Å². The van der Waals surface area contributed by atoms with Crippen LogP contribution in [0.3, 0.4) is 0 Å². The van der Waals surface area contributed by atoms with Gasteiger partial charge in [-0.2, -0.15) is 0 Å². The SMILES string of the molecule is CCOC(=O)CCCNC(=O)c1ccccc1F. The molecule has 0 aliphatic carbocycles. The Bertz CT molecular complexity index is 420. The number of amides is 1. The van der Waals surface area contributed by atoms with Crippen LogP contribution in [0.5, 0.6) is 0 Å². The van der Waals surface area contributed by atoms with Crippen LogP contribution in [0.15, 0.2) is 24.3 Å². The molecule has 0 atom stereocenters. The average Bonchev–Trinajstić information content (AvgIpc) is 2.35. The molecule has 0 fully saturated rings. The van der Waals surface area contributed by atoms with E-state index in [2.05, 4.69) is 5.32 Å². The van der Waals surface area contributed by atoms with Gasteiger partial charge in [-0.05, 0) is 25.5 Å². The topological polar surface area (TPSA) is 55.4 Å². The summed E-state index contributed by atoms with van der Waals surface area (Å²) in [6.07, 6.45) is 0.713. The molecular weight excluding hydrogens is 237 g/mol. The molecule has 0 spiro atoms. The minimum Gasteiger partial charge on any atom is -0.466 e. The van der Waals surface area contributed by atoms with Gasteiger partial charge in [-0.15, -0.1) is 0 Å². The summed E-state index contributed by atoms with van der Waals surface area (Å²) >= 11 is 0. The first kappa shape index (κ1) is 14.2. The molecule has 0 saturated heterocycles. The van der Waals surface area contributed by atoms with E-state index in [4.69, 9.17) is 4.74 Å². The van der Waals surface area contributed by atoms with E-state index in [0.29, 0.717) is 19.6 Å². The van der Waals surface area contributed by atoms with Gasteiger partial charge in [0.1, 0.15) is 5.82 Å². The van der Waals surface area contributed by atoms with Crippen LogP contribution < -0.4 is 5.32 Å². The highest BCUT2D eigenvalue weighted by molar-refractivity contribution is 5.94. The van der Waals surface area contributed by atoms with Gasteiger partial charge in [0.05, 0.1) is 12.2 Å². The van der Waals surface area contributed by atoms with E-state index >= 15 is 0 Å². The van der Waals surface area contributed by atoms with E-state index in [9.17, 15) is 14.0 Å². The van der Waals surface area contributed by atoms with E-state index < -0.39 is 11.7 Å². The average molecular weight is 253 g/mol. The molecule has 0 aliphatic heterocycles. The van der Waals surface area contributed by atoms with Crippen molar-refractivity contribution in [3.05, 3.63) is 35.6 Å². The lowest BCUT2D eigenvalue weighted by atomic mass is 10.2. The second-order valence-electron chi connectivity index (χ2n) is 3.64. The highest BCUT2D eigenvalue weighted by Gasteiger charge is 2.10. The molecule has 1 rings (SSSR count). The minimum atomic E-state index is -0.555. The Morgan fingerprint density at radius 2 is 2.06 bits per heavy atom. The molecule has 0 aromatic heterocycles.